The highest BCUT2D eigenvalue weighted by Gasteiger charge is 2.44. The van der Waals surface area contributed by atoms with Crippen molar-refractivity contribution in [2.45, 2.75) is 132 Å². The first-order chi connectivity index (χ1) is 31.5. The Morgan fingerprint density at radius 1 is 0.338 bits per heavy atom. The number of aliphatic hydroxyl groups excluding tert-OH is 12. The number of aliphatic hydroxyl groups is 12. The van der Waals surface area contributed by atoms with Crippen molar-refractivity contribution in [2.75, 3.05) is 159 Å². The van der Waals surface area contributed by atoms with Crippen molar-refractivity contribution in [3.8, 4) is 0 Å². The van der Waals surface area contributed by atoms with Crippen molar-refractivity contribution >= 4 is 8.80 Å². The molecule has 0 aliphatic carbocycles. The van der Waals surface area contributed by atoms with Crippen LogP contribution in [0.15, 0.2) is 0 Å². The van der Waals surface area contributed by atoms with Gasteiger partial charge in [-0.25, -0.2) is 0 Å². The molecule has 20 heteroatoms. The van der Waals surface area contributed by atoms with Gasteiger partial charge in [0.25, 0.3) is 0 Å². The van der Waals surface area contributed by atoms with Crippen molar-refractivity contribution in [2.24, 2.45) is 0 Å². The highest BCUT2D eigenvalue weighted by Crippen LogP contribution is 2.23. The molecular weight excluding hydrogens is 865 g/mol. The Balaban J connectivity index is 6.10. The van der Waals surface area contributed by atoms with E-state index >= 15 is 0 Å². The lowest BCUT2D eigenvalue weighted by Gasteiger charge is -2.42. The fourth-order valence-corrected chi connectivity index (χ4v) is 10.7. The van der Waals surface area contributed by atoms with Crippen LogP contribution in [0, 0.1) is 0 Å². The Morgan fingerprint density at radius 3 is 0.862 bits per heavy atom. The number of β-amino-alcohol motifs (C(OH)–C–C–N with tert-alkyl or cyclic N) is 3. The molecule has 0 aromatic carbocycles. The van der Waals surface area contributed by atoms with Crippen LogP contribution >= 0.6 is 0 Å². The Labute approximate surface area is 392 Å². The number of hydrogen-bond donors (Lipinski definition) is 12. The van der Waals surface area contributed by atoms with E-state index in [1.807, 2.05) is 0 Å². The van der Waals surface area contributed by atoms with E-state index in [1.165, 1.54) is 98.2 Å². The number of rotatable bonds is 50. The summed E-state index contributed by atoms with van der Waals surface area (Å²) in [7, 11) is -1.78. The normalized spacial score (nSPS) is 13.2. The molecule has 0 aliphatic rings. The molecule has 0 spiro atoms. The Bertz CT molecular complexity index is 941. The summed E-state index contributed by atoms with van der Waals surface area (Å²) in [6.07, 6.45) is 19.9. The van der Waals surface area contributed by atoms with E-state index in [-0.39, 0.29) is 85.0 Å². The molecule has 0 heterocycles. The summed E-state index contributed by atoms with van der Waals surface area (Å²) < 4.78 is 19.8. The SMILES string of the molecule is CCCCCCCCCCCCCCCCCN(C)CCC[Si](OCCN(CCO)C(CO)(CO)CO)(OCCN(CCO)C(CO)(CO)CO)OCCN(CCO)C(CO)(CO)CO. The van der Waals surface area contributed by atoms with Gasteiger partial charge in [-0.3, -0.25) is 14.7 Å². The molecule has 12 N–H and O–H groups in total. The zero-order valence-electron chi connectivity index (χ0n) is 40.7. The minimum Gasteiger partial charge on any atom is -0.395 e. The van der Waals surface area contributed by atoms with Crippen LogP contribution in [0.4, 0.5) is 0 Å². The molecule has 0 saturated heterocycles. The molecule has 0 aliphatic heterocycles. The Morgan fingerprint density at radius 2 is 0.600 bits per heavy atom. The van der Waals surface area contributed by atoms with Crippen LogP contribution < -0.4 is 0 Å². The smallest absolute Gasteiger partial charge is 0.395 e. The average Bonchev–Trinajstić information content (AvgIpc) is 3.32. The zero-order chi connectivity index (χ0) is 48.7. The molecule has 0 bridgehead atoms. The van der Waals surface area contributed by atoms with Crippen molar-refractivity contribution in [1.82, 2.24) is 19.6 Å². The average molecular weight is 963 g/mol. The van der Waals surface area contributed by atoms with Gasteiger partial charge in [-0.1, -0.05) is 96.8 Å². The first-order valence-corrected chi connectivity index (χ1v) is 26.6. The summed E-state index contributed by atoms with van der Waals surface area (Å²) in [5.41, 5.74) is -4.39. The van der Waals surface area contributed by atoms with Gasteiger partial charge in [0.05, 0.1) is 116 Å². The molecule has 0 aromatic heterocycles. The zero-order valence-corrected chi connectivity index (χ0v) is 41.7. The monoisotopic (exact) mass is 963 g/mol. The summed E-state index contributed by atoms with van der Waals surface area (Å²) in [5.74, 6) is 0. The summed E-state index contributed by atoms with van der Waals surface area (Å²) >= 11 is 0. The lowest BCUT2D eigenvalue weighted by atomic mass is 10.0. The second kappa shape index (κ2) is 40.2. The van der Waals surface area contributed by atoms with Gasteiger partial charge in [0, 0.05) is 45.3 Å². The van der Waals surface area contributed by atoms with Gasteiger partial charge in [0.15, 0.2) is 0 Å². The topological polar surface area (TPSA) is 283 Å². The van der Waals surface area contributed by atoms with Gasteiger partial charge in [-0.15, -0.1) is 0 Å². The van der Waals surface area contributed by atoms with Gasteiger partial charge in [0.2, 0.25) is 0 Å². The maximum absolute atomic E-state index is 10.2. The molecule has 0 saturated carbocycles. The third-order valence-electron chi connectivity index (χ3n) is 13.0. The first kappa shape index (κ1) is 64.5. The van der Waals surface area contributed by atoms with E-state index < -0.39 is 84.9 Å². The Kier molecular flexibility index (Phi) is 39.9. The minimum atomic E-state index is -3.83. The van der Waals surface area contributed by atoms with Crippen LogP contribution in [-0.4, -0.2) is 265 Å². The quantitative estimate of drug-likeness (QED) is 0.0263. The van der Waals surface area contributed by atoms with Gasteiger partial charge in [0.1, 0.15) is 0 Å². The number of nitrogens with zero attached hydrogens (tertiary/aromatic N) is 4. The van der Waals surface area contributed by atoms with Crippen LogP contribution in [0.2, 0.25) is 6.04 Å². The van der Waals surface area contributed by atoms with Gasteiger partial charge < -0.3 is 79.5 Å². The summed E-state index contributed by atoms with van der Waals surface area (Å²) in [6, 6.07) is 0.289. The summed E-state index contributed by atoms with van der Waals surface area (Å²) in [6.45, 7) is -2.84. The largest absolute Gasteiger partial charge is 0.501 e. The van der Waals surface area contributed by atoms with Crippen LogP contribution in [0.3, 0.4) is 0 Å². The fourth-order valence-electron chi connectivity index (χ4n) is 8.18. The molecule has 0 unspecified atom stereocenters. The van der Waals surface area contributed by atoms with E-state index in [2.05, 4.69) is 18.9 Å². The van der Waals surface area contributed by atoms with E-state index in [0.29, 0.717) is 13.0 Å². The summed E-state index contributed by atoms with van der Waals surface area (Å²) in [5, 5.41) is 121. The molecule has 0 radical (unpaired) electrons. The molecule has 0 rings (SSSR count). The van der Waals surface area contributed by atoms with Crippen molar-refractivity contribution in [3.05, 3.63) is 0 Å². The number of unbranched alkanes of at least 4 members (excludes halogenated alkanes) is 14. The number of hydrogen-bond acceptors (Lipinski definition) is 19. The van der Waals surface area contributed by atoms with E-state index in [9.17, 15) is 61.3 Å². The predicted molar refractivity (Wildman–Crippen MR) is 253 cm³/mol. The molecule has 0 amide bonds. The lowest BCUT2D eigenvalue weighted by Crippen LogP contribution is -2.60. The van der Waals surface area contributed by atoms with E-state index in [0.717, 1.165) is 19.4 Å². The molecule has 0 atom stereocenters. The van der Waals surface area contributed by atoms with Crippen LogP contribution in [0.5, 0.6) is 0 Å². The minimum absolute atomic E-state index is 0.00518. The third-order valence-corrected chi connectivity index (χ3v) is 15.9. The fraction of sp³-hybridized carbons (Fsp3) is 1.00. The molecular formula is C45H98N4O15Si. The van der Waals surface area contributed by atoms with Gasteiger partial charge in [-0.05, 0) is 33.0 Å². The maximum atomic E-state index is 10.2. The van der Waals surface area contributed by atoms with Crippen molar-refractivity contribution in [1.29, 1.82) is 0 Å². The first-order valence-electron chi connectivity index (χ1n) is 24.7. The van der Waals surface area contributed by atoms with Crippen LogP contribution in [0.25, 0.3) is 0 Å². The highest BCUT2D eigenvalue weighted by atomic mass is 28.4. The summed E-state index contributed by atoms with van der Waals surface area (Å²) in [4.78, 5) is 6.82. The molecule has 65 heavy (non-hydrogen) atoms. The standard InChI is InChI=1S/C45H98N4O15Si/c1-3-4-5-6-7-8-9-10-11-12-13-14-15-16-17-19-46(2)20-18-33-65(62-30-24-47(21-27-50)43(34-53,35-54)36-55,63-31-25-48(22-28-51)44(37-56,38-57)39-58)64-32-26-49(23-29-52)45(40-59,41-60)42-61/h50-61H,3-42H2,1-2H3. The second-order valence-electron chi connectivity index (χ2n) is 17.8. The van der Waals surface area contributed by atoms with Crippen molar-refractivity contribution < 1.29 is 74.6 Å². The molecule has 392 valence electrons. The third kappa shape index (κ3) is 24.7. The van der Waals surface area contributed by atoms with Crippen LogP contribution in [0.1, 0.15) is 110 Å². The Hall–Kier alpha value is -0.543. The maximum Gasteiger partial charge on any atom is 0.501 e. The van der Waals surface area contributed by atoms with Crippen molar-refractivity contribution in [3.63, 3.8) is 0 Å². The second-order valence-corrected chi connectivity index (χ2v) is 20.5. The van der Waals surface area contributed by atoms with Gasteiger partial charge >= 0.3 is 8.80 Å². The van der Waals surface area contributed by atoms with E-state index in [1.54, 1.807) is 0 Å². The van der Waals surface area contributed by atoms with E-state index in [4.69, 9.17) is 13.3 Å². The molecule has 0 fully saturated rings. The lowest BCUT2D eigenvalue weighted by molar-refractivity contribution is -0.0700. The van der Waals surface area contributed by atoms with Gasteiger partial charge in [-0.2, -0.15) is 0 Å². The molecule has 0 aromatic rings. The molecule has 19 nitrogen and oxygen atoms in total. The highest BCUT2D eigenvalue weighted by molar-refractivity contribution is 6.60. The predicted octanol–water partition coefficient (Wildman–Crippen LogP) is -0.802. The van der Waals surface area contributed by atoms with Crippen LogP contribution in [-0.2, 0) is 13.3 Å².